The van der Waals surface area contributed by atoms with Gasteiger partial charge in [0.15, 0.2) is 0 Å². The fraction of sp³-hybridized carbons (Fsp3) is 1.00. The third-order valence-electron chi connectivity index (χ3n) is 3.56. The quantitative estimate of drug-likeness (QED) is 0.494. The van der Waals surface area contributed by atoms with E-state index in [1.807, 2.05) is 0 Å². The van der Waals surface area contributed by atoms with Gasteiger partial charge in [-0.1, -0.05) is 53.4 Å². The average Bonchev–Trinajstić information content (AvgIpc) is 2.17. The number of hydrogen-bond acceptors (Lipinski definition) is 2. The summed E-state index contributed by atoms with van der Waals surface area (Å²) in [6.07, 6.45) is 5.26. The molecule has 0 bridgehead atoms. The van der Waals surface area contributed by atoms with Crippen LogP contribution in [0.3, 0.4) is 0 Å². The number of hydrogen-bond donors (Lipinski definition) is 2. The molecule has 0 aromatic carbocycles. The fourth-order valence-electron chi connectivity index (χ4n) is 2.05. The second-order valence-corrected chi connectivity index (χ2v) is 5.12. The first-order chi connectivity index (χ1) is 6.54. The molecule has 0 aromatic rings. The van der Waals surface area contributed by atoms with Crippen molar-refractivity contribution >= 4 is 12.6 Å². The van der Waals surface area contributed by atoms with Crippen LogP contribution in [0.2, 0.25) is 0 Å². The predicted molar refractivity (Wildman–Crippen MR) is 68.6 cm³/mol. The third kappa shape index (κ3) is 4.70. The highest BCUT2D eigenvalue weighted by Gasteiger charge is 2.23. The van der Waals surface area contributed by atoms with E-state index in [2.05, 4.69) is 40.3 Å². The van der Waals surface area contributed by atoms with Gasteiger partial charge in [-0.3, -0.25) is 0 Å². The van der Waals surface area contributed by atoms with Crippen LogP contribution >= 0.6 is 12.6 Å². The van der Waals surface area contributed by atoms with Crippen LogP contribution in [0.4, 0.5) is 0 Å². The van der Waals surface area contributed by atoms with Crippen LogP contribution in [0.5, 0.6) is 0 Å². The second kappa shape index (κ2) is 7.58. The highest BCUT2D eigenvalue weighted by Crippen LogP contribution is 2.29. The summed E-state index contributed by atoms with van der Waals surface area (Å²) in [5, 5.41) is 0.0284. The van der Waals surface area contributed by atoms with E-state index in [-0.39, 0.29) is 5.37 Å². The molecule has 0 saturated carbocycles. The minimum absolute atomic E-state index is 0.0284. The first-order valence-corrected chi connectivity index (χ1v) is 6.49. The molecular formula is C12H27NS. The number of nitrogens with two attached hydrogens (primary N) is 1. The lowest BCUT2D eigenvalue weighted by molar-refractivity contribution is 0.234. The molecule has 0 spiro atoms. The minimum atomic E-state index is 0.0284. The molecule has 0 radical (unpaired) electrons. The van der Waals surface area contributed by atoms with Gasteiger partial charge in [0.2, 0.25) is 0 Å². The van der Waals surface area contributed by atoms with Crippen molar-refractivity contribution in [1.29, 1.82) is 0 Å². The monoisotopic (exact) mass is 217 g/mol. The Morgan fingerprint density at radius 1 is 1.14 bits per heavy atom. The van der Waals surface area contributed by atoms with Gasteiger partial charge in [-0.25, -0.2) is 0 Å². The summed E-state index contributed by atoms with van der Waals surface area (Å²) in [4.78, 5) is 0. The molecule has 0 aromatic heterocycles. The van der Waals surface area contributed by atoms with E-state index in [0.29, 0.717) is 11.8 Å². The zero-order valence-electron chi connectivity index (χ0n) is 10.2. The van der Waals surface area contributed by atoms with Gasteiger partial charge >= 0.3 is 0 Å². The van der Waals surface area contributed by atoms with Crippen molar-refractivity contribution < 1.29 is 0 Å². The molecule has 0 heterocycles. The minimum Gasteiger partial charge on any atom is -0.319 e. The van der Waals surface area contributed by atoms with Gasteiger partial charge in [0, 0.05) is 0 Å². The van der Waals surface area contributed by atoms with Gasteiger partial charge in [-0.15, -0.1) is 0 Å². The summed E-state index contributed by atoms with van der Waals surface area (Å²) in [7, 11) is 0. The van der Waals surface area contributed by atoms with Crippen LogP contribution in [0.1, 0.15) is 53.4 Å². The van der Waals surface area contributed by atoms with Crippen LogP contribution in [0.15, 0.2) is 0 Å². The smallest absolute Gasteiger partial charge is 0.0505 e. The summed E-state index contributed by atoms with van der Waals surface area (Å²) in [6, 6.07) is 0. The van der Waals surface area contributed by atoms with Gasteiger partial charge in [0.1, 0.15) is 0 Å². The van der Waals surface area contributed by atoms with E-state index < -0.39 is 0 Å². The van der Waals surface area contributed by atoms with Crippen molar-refractivity contribution in [2.45, 2.75) is 58.8 Å². The Bertz CT molecular complexity index is 136. The van der Waals surface area contributed by atoms with E-state index in [4.69, 9.17) is 5.73 Å². The van der Waals surface area contributed by atoms with E-state index in [1.54, 1.807) is 0 Å². The van der Waals surface area contributed by atoms with E-state index in [1.165, 1.54) is 25.7 Å². The summed E-state index contributed by atoms with van der Waals surface area (Å²) in [5.41, 5.74) is 5.82. The maximum absolute atomic E-state index is 5.82. The molecule has 4 atom stereocenters. The van der Waals surface area contributed by atoms with Crippen molar-refractivity contribution in [3.8, 4) is 0 Å². The van der Waals surface area contributed by atoms with Crippen molar-refractivity contribution in [2.75, 3.05) is 0 Å². The summed E-state index contributed by atoms with van der Waals surface area (Å²) in [6.45, 7) is 9.08. The van der Waals surface area contributed by atoms with Gasteiger partial charge in [-0.2, -0.15) is 12.6 Å². The van der Waals surface area contributed by atoms with Gasteiger partial charge in [0.05, 0.1) is 5.37 Å². The van der Waals surface area contributed by atoms with Gasteiger partial charge < -0.3 is 5.73 Å². The molecule has 0 aliphatic rings. The maximum Gasteiger partial charge on any atom is 0.0505 e. The molecule has 4 unspecified atom stereocenters. The van der Waals surface area contributed by atoms with Crippen molar-refractivity contribution in [3.63, 3.8) is 0 Å². The lowest BCUT2D eigenvalue weighted by Gasteiger charge is -2.30. The first-order valence-electron chi connectivity index (χ1n) is 5.98. The van der Waals surface area contributed by atoms with Crippen LogP contribution in [-0.4, -0.2) is 5.37 Å². The molecular weight excluding hydrogens is 190 g/mol. The predicted octanol–water partition coefficient (Wildman–Crippen LogP) is 3.69. The van der Waals surface area contributed by atoms with Gasteiger partial charge in [-0.05, 0) is 17.8 Å². The topological polar surface area (TPSA) is 26.0 Å². The zero-order valence-corrected chi connectivity index (χ0v) is 11.1. The van der Waals surface area contributed by atoms with Crippen molar-refractivity contribution in [2.24, 2.45) is 23.5 Å². The second-order valence-electron chi connectivity index (χ2n) is 4.52. The van der Waals surface area contributed by atoms with Crippen molar-refractivity contribution in [1.82, 2.24) is 0 Å². The summed E-state index contributed by atoms with van der Waals surface area (Å²) < 4.78 is 0. The first kappa shape index (κ1) is 14.3. The third-order valence-corrected chi connectivity index (χ3v) is 4.03. The fourth-order valence-corrected chi connectivity index (χ4v) is 2.32. The molecule has 0 rings (SSSR count). The molecule has 1 nitrogen and oxygen atoms in total. The van der Waals surface area contributed by atoms with E-state index in [9.17, 15) is 0 Å². The molecule has 14 heavy (non-hydrogen) atoms. The average molecular weight is 217 g/mol. The Hall–Kier alpha value is 0.310. The molecule has 0 saturated heterocycles. The molecule has 0 aliphatic carbocycles. The van der Waals surface area contributed by atoms with Crippen LogP contribution < -0.4 is 5.73 Å². The van der Waals surface area contributed by atoms with Crippen molar-refractivity contribution in [3.05, 3.63) is 0 Å². The largest absolute Gasteiger partial charge is 0.319 e. The molecule has 0 aliphatic heterocycles. The Morgan fingerprint density at radius 3 is 2.07 bits per heavy atom. The Morgan fingerprint density at radius 2 is 1.71 bits per heavy atom. The lowest BCUT2D eigenvalue weighted by atomic mass is 9.79. The highest BCUT2D eigenvalue weighted by atomic mass is 32.1. The number of thiol groups is 1. The molecule has 0 amide bonds. The molecule has 86 valence electrons. The maximum atomic E-state index is 5.82. The van der Waals surface area contributed by atoms with Crippen LogP contribution in [0, 0.1) is 17.8 Å². The highest BCUT2D eigenvalue weighted by molar-refractivity contribution is 7.80. The lowest BCUT2D eigenvalue weighted by Crippen LogP contribution is -2.31. The molecule has 0 fully saturated rings. The number of rotatable bonds is 7. The summed E-state index contributed by atoms with van der Waals surface area (Å²) in [5.74, 6) is 2.03. The standard InChI is InChI=1S/C12H27NS/c1-5-7-8-11(6-2)9(3)10(4)12(13)14/h9-12,14H,5-8,13H2,1-4H3. The normalized spacial score (nSPS) is 20.1. The zero-order chi connectivity index (χ0) is 11.1. The number of unbranched alkanes of at least 4 members (excludes halogenated alkanes) is 1. The SMILES string of the molecule is CCCCC(CC)C(C)C(C)C(N)S. The summed E-state index contributed by atoms with van der Waals surface area (Å²) >= 11 is 4.33. The van der Waals surface area contributed by atoms with E-state index >= 15 is 0 Å². The van der Waals surface area contributed by atoms with Crippen LogP contribution in [0.25, 0.3) is 0 Å². The van der Waals surface area contributed by atoms with E-state index in [0.717, 1.165) is 5.92 Å². The van der Waals surface area contributed by atoms with Gasteiger partial charge in [0.25, 0.3) is 0 Å². The molecule has 2 N–H and O–H groups in total. The Balaban J connectivity index is 4.08. The Kier molecular flexibility index (Phi) is 7.75. The molecule has 2 heteroatoms. The van der Waals surface area contributed by atoms with Crippen LogP contribution in [-0.2, 0) is 0 Å². The Labute approximate surface area is 95.2 Å².